The lowest BCUT2D eigenvalue weighted by Gasteiger charge is -2.04. The Labute approximate surface area is 124 Å². The zero-order valence-corrected chi connectivity index (χ0v) is 12.5. The molecule has 3 aromatic rings. The van der Waals surface area contributed by atoms with E-state index in [0.717, 1.165) is 26.0 Å². The molecule has 94 valence electrons. The molecule has 1 heterocycles. The minimum absolute atomic E-state index is 0.891. The first-order valence-electron chi connectivity index (χ1n) is 5.90. The first-order chi connectivity index (χ1) is 9.33. The fourth-order valence-electron chi connectivity index (χ4n) is 1.89. The van der Waals surface area contributed by atoms with E-state index in [-0.39, 0.29) is 0 Å². The zero-order chi connectivity index (χ0) is 13.1. The molecule has 0 radical (unpaired) electrons. The summed E-state index contributed by atoms with van der Waals surface area (Å²) in [4.78, 5) is 0. The molecule has 1 aromatic heterocycles. The molecule has 19 heavy (non-hydrogen) atoms. The summed E-state index contributed by atoms with van der Waals surface area (Å²) in [6.07, 6.45) is 1.80. The predicted octanol–water partition coefficient (Wildman–Crippen LogP) is 4.68. The molecule has 0 unspecified atom stereocenters. The van der Waals surface area contributed by atoms with Crippen LogP contribution in [-0.2, 0) is 5.75 Å². The van der Waals surface area contributed by atoms with E-state index in [2.05, 4.69) is 56.5 Å². The number of thioether (sulfide) groups is 1. The average Bonchev–Trinajstić information content (AvgIpc) is 2.45. The van der Waals surface area contributed by atoms with Gasteiger partial charge < -0.3 is 0 Å². The number of rotatable bonds is 3. The third-order valence-electron chi connectivity index (χ3n) is 2.80. The number of benzene rings is 2. The van der Waals surface area contributed by atoms with Gasteiger partial charge in [0.15, 0.2) is 0 Å². The summed E-state index contributed by atoms with van der Waals surface area (Å²) in [5.74, 6) is 0.891. The Morgan fingerprint density at radius 1 is 1.05 bits per heavy atom. The van der Waals surface area contributed by atoms with Gasteiger partial charge in [-0.1, -0.05) is 64.1 Å². The van der Waals surface area contributed by atoms with Crippen molar-refractivity contribution in [3.63, 3.8) is 0 Å². The fraction of sp³-hybridized carbons (Fsp3) is 0.0667. The molecule has 0 bridgehead atoms. The molecule has 0 saturated carbocycles. The lowest BCUT2D eigenvalue weighted by Crippen LogP contribution is -1.88. The summed E-state index contributed by atoms with van der Waals surface area (Å²) < 4.78 is 1.11. The summed E-state index contributed by atoms with van der Waals surface area (Å²) in [5, 5.41) is 11.6. The molecule has 0 fully saturated rings. The highest BCUT2D eigenvalue weighted by molar-refractivity contribution is 9.10. The third kappa shape index (κ3) is 2.96. The van der Waals surface area contributed by atoms with Gasteiger partial charge >= 0.3 is 0 Å². The lowest BCUT2D eigenvalue weighted by molar-refractivity contribution is 0.955. The minimum atomic E-state index is 0.891. The molecule has 0 spiro atoms. The van der Waals surface area contributed by atoms with Gasteiger partial charge in [-0.2, -0.15) is 5.10 Å². The molecule has 4 heteroatoms. The summed E-state index contributed by atoms with van der Waals surface area (Å²) in [5.41, 5.74) is 1.27. The Bertz CT molecular complexity index is 710. The highest BCUT2D eigenvalue weighted by atomic mass is 79.9. The van der Waals surface area contributed by atoms with Crippen molar-refractivity contribution in [2.24, 2.45) is 0 Å². The van der Waals surface area contributed by atoms with Crippen LogP contribution in [-0.4, -0.2) is 10.2 Å². The number of hydrogen-bond acceptors (Lipinski definition) is 3. The van der Waals surface area contributed by atoms with E-state index in [1.807, 2.05) is 18.2 Å². The fourth-order valence-corrected chi connectivity index (χ4v) is 3.26. The van der Waals surface area contributed by atoms with E-state index >= 15 is 0 Å². The largest absolute Gasteiger partial charge is 0.157 e. The molecule has 0 amide bonds. The molecule has 2 aromatic carbocycles. The summed E-state index contributed by atoms with van der Waals surface area (Å²) in [7, 11) is 0. The van der Waals surface area contributed by atoms with Crippen LogP contribution in [0.25, 0.3) is 10.8 Å². The third-order valence-corrected chi connectivity index (χ3v) is 4.35. The molecule has 0 N–H and O–H groups in total. The number of halogens is 1. The second kappa shape index (κ2) is 5.72. The first-order valence-corrected chi connectivity index (χ1v) is 7.68. The Hall–Kier alpha value is -1.39. The second-order valence-electron chi connectivity index (χ2n) is 4.16. The van der Waals surface area contributed by atoms with Crippen molar-refractivity contribution in [1.29, 1.82) is 0 Å². The van der Waals surface area contributed by atoms with Gasteiger partial charge in [0.25, 0.3) is 0 Å². The van der Waals surface area contributed by atoms with E-state index in [0.29, 0.717) is 0 Å². The Morgan fingerprint density at radius 3 is 2.84 bits per heavy atom. The molecular formula is C15H11BrN2S. The van der Waals surface area contributed by atoms with Gasteiger partial charge in [0, 0.05) is 21.0 Å². The van der Waals surface area contributed by atoms with Crippen LogP contribution in [0, 0.1) is 0 Å². The summed E-state index contributed by atoms with van der Waals surface area (Å²) in [6.45, 7) is 0. The van der Waals surface area contributed by atoms with E-state index in [4.69, 9.17) is 0 Å². The monoisotopic (exact) mass is 330 g/mol. The average molecular weight is 331 g/mol. The highest BCUT2D eigenvalue weighted by Crippen LogP contribution is 2.28. The first kappa shape index (κ1) is 12.6. The van der Waals surface area contributed by atoms with E-state index in [1.54, 1.807) is 18.0 Å². The van der Waals surface area contributed by atoms with Crippen molar-refractivity contribution in [1.82, 2.24) is 10.2 Å². The number of aromatic nitrogens is 2. The molecule has 0 atom stereocenters. The van der Waals surface area contributed by atoms with Crippen molar-refractivity contribution in [3.8, 4) is 0 Å². The van der Waals surface area contributed by atoms with Gasteiger partial charge in [0.1, 0.15) is 5.03 Å². The van der Waals surface area contributed by atoms with Crippen LogP contribution in [0.2, 0.25) is 0 Å². The lowest BCUT2D eigenvalue weighted by atomic mass is 10.2. The van der Waals surface area contributed by atoms with Crippen LogP contribution < -0.4 is 0 Å². The van der Waals surface area contributed by atoms with Crippen LogP contribution in [0.3, 0.4) is 0 Å². The van der Waals surface area contributed by atoms with Crippen LogP contribution in [0.4, 0.5) is 0 Å². The maximum atomic E-state index is 4.25. The Morgan fingerprint density at radius 2 is 1.95 bits per heavy atom. The van der Waals surface area contributed by atoms with Crippen LogP contribution in [0.15, 0.2) is 64.2 Å². The van der Waals surface area contributed by atoms with Gasteiger partial charge in [0.05, 0.1) is 6.20 Å². The standard InChI is InChI=1S/C15H11BrN2S/c16-13-6-3-4-11(8-13)10-19-15-14-7-2-1-5-12(14)9-17-18-15/h1-9H,10H2. The molecule has 0 aliphatic rings. The smallest absolute Gasteiger partial charge is 0.127 e. The minimum Gasteiger partial charge on any atom is -0.157 e. The van der Waals surface area contributed by atoms with E-state index < -0.39 is 0 Å². The van der Waals surface area contributed by atoms with Crippen molar-refractivity contribution in [2.45, 2.75) is 10.8 Å². The van der Waals surface area contributed by atoms with Crippen molar-refractivity contribution in [3.05, 3.63) is 64.8 Å². The van der Waals surface area contributed by atoms with Crippen LogP contribution >= 0.6 is 27.7 Å². The van der Waals surface area contributed by atoms with Gasteiger partial charge in [-0.05, 0) is 17.7 Å². The van der Waals surface area contributed by atoms with Gasteiger partial charge in [-0.3, -0.25) is 0 Å². The summed E-state index contributed by atoms with van der Waals surface area (Å²) >= 11 is 5.21. The van der Waals surface area contributed by atoms with Crippen molar-refractivity contribution < 1.29 is 0 Å². The molecule has 0 aliphatic carbocycles. The molecular weight excluding hydrogens is 320 g/mol. The Balaban J connectivity index is 1.86. The molecule has 0 aliphatic heterocycles. The van der Waals surface area contributed by atoms with Gasteiger partial charge in [-0.15, -0.1) is 5.10 Å². The Kier molecular flexibility index (Phi) is 3.80. The van der Waals surface area contributed by atoms with Crippen molar-refractivity contribution >= 4 is 38.5 Å². The van der Waals surface area contributed by atoms with Crippen LogP contribution in [0.1, 0.15) is 5.56 Å². The SMILES string of the molecule is Brc1cccc(CSc2nncc3ccccc23)c1. The molecule has 2 nitrogen and oxygen atoms in total. The van der Waals surface area contributed by atoms with Crippen LogP contribution in [0.5, 0.6) is 0 Å². The zero-order valence-electron chi connectivity index (χ0n) is 10.1. The summed E-state index contributed by atoms with van der Waals surface area (Å²) in [6, 6.07) is 16.5. The predicted molar refractivity (Wildman–Crippen MR) is 83.2 cm³/mol. The maximum absolute atomic E-state index is 4.25. The number of hydrogen-bond donors (Lipinski definition) is 0. The normalized spacial score (nSPS) is 10.8. The van der Waals surface area contributed by atoms with E-state index in [1.165, 1.54) is 5.56 Å². The quantitative estimate of drug-likeness (QED) is 0.652. The van der Waals surface area contributed by atoms with Gasteiger partial charge in [-0.25, -0.2) is 0 Å². The highest BCUT2D eigenvalue weighted by Gasteiger charge is 2.04. The second-order valence-corrected chi connectivity index (χ2v) is 6.04. The molecule has 0 saturated heterocycles. The topological polar surface area (TPSA) is 25.8 Å². The van der Waals surface area contributed by atoms with E-state index in [9.17, 15) is 0 Å². The molecule has 3 rings (SSSR count). The van der Waals surface area contributed by atoms with Crippen molar-refractivity contribution in [2.75, 3.05) is 0 Å². The number of fused-ring (bicyclic) bond motifs is 1. The maximum Gasteiger partial charge on any atom is 0.127 e. The van der Waals surface area contributed by atoms with Gasteiger partial charge in [0.2, 0.25) is 0 Å². The number of nitrogens with zero attached hydrogens (tertiary/aromatic N) is 2.